The summed E-state index contributed by atoms with van der Waals surface area (Å²) in [7, 11) is -4.00. The summed E-state index contributed by atoms with van der Waals surface area (Å²) in [5.41, 5.74) is 1.17. The third-order valence-corrected chi connectivity index (χ3v) is 6.12. The number of sulfonamides is 1. The number of carbonyl (C=O) groups excluding carboxylic acids is 1. The summed E-state index contributed by atoms with van der Waals surface area (Å²) in [5.74, 6) is -0.00569. The average molecular weight is 419 g/mol. The molecule has 0 aromatic heterocycles. The van der Waals surface area contributed by atoms with Crippen LogP contribution in [0.25, 0.3) is 0 Å². The summed E-state index contributed by atoms with van der Waals surface area (Å²) in [4.78, 5) is 24.2. The molecule has 1 N–H and O–H groups in total. The molecule has 0 spiro atoms. The standard InChI is InChI=1S/C19H21N3O6S/c1-14-2-7-17(22(24)25)13-18(14)29(26,27)20-16-5-3-15(4-6-16)12-19(23)21-8-10-28-11-9-21/h2-7,13,20H,8-12H2,1H3. The van der Waals surface area contributed by atoms with Gasteiger partial charge in [0.1, 0.15) is 0 Å². The summed E-state index contributed by atoms with van der Waals surface area (Å²) >= 11 is 0. The number of ether oxygens (including phenoxy) is 1. The van der Waals surface area contributed by atoms with Crippen molar-refractivity contribution in [3.05, 3.63) is 63.7 Å². The van der Waals surface area contributed by atoms with Crippen molar-refractivity contribution in [2.45, 2.75) is 18.2 Å². The van der Waals surface area contributed by atoms with E-state index in [-0.39, 0.29) is 22.9 Å². The van der Waals surface area contributed by atoms with Crippen LogP contribution in [0.3, 0.4) is 0 Å². The van der Waals surface area contributed by atoms with Gasteiger partial charge in [0.05, 0.1) is 29.5 Å². The number of nitrogens with zero attached hydrogens (tertiary/aromatic N) is 2. The number of rotatable bonds is 6. The van der Waals surface area contributed by atoms with Gasteiger partial charge in [-0.25, -0.2) is 8.42 Å². The lowest BCUT2D eigenvalue weighted by Gasteiger charge is -2.26. The van der Waals surface area contributed by atoms with Crippen molar-refractivity contribution >= 4 is 27.3 Å². The monoisotopic (exact) mass is 419 g/mol. The number of amides is 1. The van der Waals surface area contributed by atoms with Gasteiger partial charge in [0.15, 0.2) is 0 Å². The zero-order chi connectivity index (χ0) is 21.0. The number of nitro benzene ring substituents is 1. The molecule has 2 aromatic rings. The topological polar surface area (TPSA) is 119 Å². The van der Waals surface area contributed by atoms with Gasteiger partial charge in [-0.15, -0.1) is 0 Å². The summed E-state index contributed by atoms with van der Waals surface area (Å²) in [6.07, 6.45) is 0.219. The Balaban J connectivity index is 1.71. The largest absolute Gasteiger partial charge is 0.378 e. The Bertz CT molecular complexity index is 1010. The van der Waals surface area contributed by atoms with Gasteiger partial charge < -0.3 is 9.64 Å². The molecule has 1 fully saturated rings. The second-order valence-electron chi connectivity index (χ2n) is 6.68. The Kier molecular flexibility index (Phi) is 6.14. The third-order valence-electron chi connectivity index (χ3n) is 4.60. The maximum atomic E-state index is 12.7. The molecule has 1 amide bonds. The maximum Gasteiger partial charge on any atom is 0.270 e. The van der Waals surface area contributed by atoms with Gasteiger partial charge in [0.2, 0.25) is 5.91 Å². The van der Waals surface area contributed by atoms with Gasteiger partial charge in [-0.05, 0) is 30.2 Å². The highest BCUT2D eigenvalue weighted by molar-refractivity contribution is 7.92. The molecule has 0 saturated carbocycles. The maximum absolute atomic E-state index is 12.7. The lowest BCUT2D eigenvalue weighted by atomic mass is 10.1. The number of nitro groups is 1. The summed E-state index contributed by atoms with van der Waals surface area (Å²) in [6.45, 7) is 3.77. The normalized spacial score (nSPS) is 14.4. The lowest BCUT2D eigenvalue weighted by molar-refractivity contribution is -0.385. The predicted molar refractivity (Wildman–Crippen MR) is 106 cm³/mol. The molecule has 9 nitrogen and oxygen atoms in total. The fourth-order valence-electron chi connectivity index (χ4n) is 2.99. The number of morpholine rings is 1. The molecule has 3 rings (SSSR count). The van der Waals surface area contributed by atoms with Crippen LogP contribution in [0.2, 0.25) is 0 Å². The van der Waals surface area contributed by atoms with Gasteiger partial charge in [0, 0.05) is 30.9 Å². The van der Waals surface area contributed by atoms with Crippen molar-refractivity contribution in [2.24, 2.45) is 0 Å². The molecule has 154 valence electrons. The fourth-order valence-corrected chi connectivity index (χ4v) is 4.32. The van der Waals surface area contributed by atoms with E-state index in [2.05, 4.69) is 4.72 Å². The minimum Gasteiger partial charge on any atom is -0.378 e. The average Bonchev–Trinajstić information content (AvgIpc) is 2.70. The van der Waals surface area contributed by atoms with Gasteiger partial charge >= 0.3 is 0 Å². The number of hydrogen-bond donors (Lipinski definition) is 1. The molecule has 0 bridgehead atoms. The molecule has 0 aliphatic carbocycles. The van der Waals surface area contributed by atoms with E-state index in [9.17, 15) is 23.3 Å². The van der Waals surface area contributed by atoms with Crippen molar-refractivity contribution in [1.82, 2.24) is 4.90 Å². The van der Waals surface area contributed by atoms with Gasteiger partial charge in [-0.3, -0.25) is 19.6 Å². The third kappa shape index (κ3) is 5.09. The predicted octanol–water partition coefficient (Wildman–Crippen LogP) is 2.11. The van der Waals surface area contributed by atoms with E-state index in [1.807, 2.05) is 0 Å². The minimum absolute atomic E-state index is 0.00569. The molecule has 29 heavy (non-hydrogen) atoms. The number of carbonyl (C=O) groups is 1. The van der Waals surface area contributed by atoms with Crippen LogP contribution in [0, 0.1) is 17.0 Å². The Hall–Kier alpha value is -2.98. The molecule has 0 atom stereocenters. The molecule has 1 aliphatic heterocycles. The second-order valence-corrected chi connectivity index (χ2v) is 8.33. The molecular formula is C19H21N3O6S. The second kappa shape index (κ2) is 8.58. The summed E-state index contributed by atoms with van der Waals surface area (Å²) < 4.78 is 33.0. The summed E-state index contributed by atoms with van der Waals surface area (Å²) in [5, 5.41) is 10.9. The van der Waals surface area contributed by atoms with Gasteiger partial charge in [-0.1, -0.05) is 18.2 Å². The number of hydrogen-bond acceptors (Lipinski definition) is 6. The van der Waals surface area contributed by atoms with Crippen LogP contribution in [-0.4, -0.2) is 50.5 Å². The smallest absolute Gasteiger partial charge is 0.270 e. The number of anilines is 1. The molecule has 1 aliphatic rings. The molecular weight excluding hydrogens is 398 g/mol. The van der Waals surface area contributed by atoms with Crippen LogP contribution < -0.4 is 4.72 Å². The Morgan fingerprint density at radius 1 is 1.17 bits per heavy atom. The van der Waals surface area contributed by atoms with Crippen molar-refractivity contribution in [3.63, 3.8) is 0 Å². The quantitative estimate of drug-likeness (QED) is 0.566. The summed E-state index contributed by atoms with van der Waals surface area (Å²) in [6, 6.07) is 10.2. The number of aryl methyl sites for hydroxylation is 1. The van der Waals surface area contributed by atoms with Crippen LogP contribution >= 0.6 is 0 Å². The number of nitrogens with one attached hydrogen (secondary N) is 1. The Morgan fingerprint density at radius 3 is 2.45 bits per heavy atom. The minimum atomic E-state index is -4.00. The number of non-ortho nitro benzene ring substituents is 1. The van der Waals surface area contributed by atoms with E-state index in [0.717, 1.165) is 11.6 Å². The molecule has 1 saturated heterocycles. The van der Waals surface area contributed by atoms with E-state index in [0.29, 0.717) is 37.6 Å². The van der Waals surface area contributed by atoms with Gasteiger partial charge in [0.25, 0.3) is 15.7 Å². The SMILES string of the molecule is Cc1ccc([N+](=O)[O-])cc1S(=O)(=O)Nc1ccc(CC(=O)N2CCOCC2)cc1. The van der Waals surface area contributed by atoms with Crippen molar-refractivity contribution in [3.8, 4) is 0 Å². The van der Waals surface area contributed by atoms with Gasteiger partial charge in [-0.2, -0.15) is 0 Å². The molecule has 0 unspecified atom stereocenters. The zero-order valence-corrected chi connectivity index (χ0v) is 16.6. The Labute approximate surface area is 168 Å². The highest BCUT2D eigenvalue weighted by Crippen LogP contribution is 2.24. The fraction of sp³-hybridized carbons (Fsp3) is 0.316. The Morgan fingerprint density at radius 2 is 1.83 bits per heavy atom. The molecule has 2 aromatic carbocycles. The van der Waals surface area contributed by atoms with E-state index >= 15 is 0 Å². The van der Waals surface area contributed by atoms with Crippen molar-refractivity contribution < 1.29 is 22.9 Å². The first-order valence-corrected chi connectivity index (χ1v) is 10.5. The highest BCUT2D eigenvalue weighted by atomic mass is 32.2. The van der Waals surface area contributed by atoms with E-state index in [1.54, 1.807) is 36.1 Å². The van der Waals surface area contributed by atoms with E-state index < -0.39 is 14.9 Å². The van der Waals surface area contributed by atoms with Crippen LogP contribution in [0.4, 0.5) is 11.4 Å². The molecule has 1 heterocycles. The highest BCUT2D eigenvalue weighted by Gasteiger charge is 2.21. The van der Waals surface area contributed by atoms with Crippen molar-refractivity contribution in [1.29, 1.82) is 0 Å². The van der Waals surface area contributed by atoms with Crippen LogP contribution in [0.15, 0.2) is 47.4 Å². The van der Waals surface area contributed by atoms with Crippen LogP contribution in [0.1, 0.15) is 11.1 Å². The molecule has 0 radical (unpaired) electrons. The van der Waals surface area contributed by atoms with Crippen molar-refractivity contribution in [2.75, 3.05) is 31.0 Å². The van der Waals surface area contributed by atoms with Crippen LogP contribution in [0.5, 0.6) is 0 Å². The van der Waals surface area contributed by atoms with E-state index in [1.165, 1.54) is 12.1 Å². The zero-order valence-electron chi connectivity index (χ0n) is 15.8. The van der Waals surface area contributed by atoms with Crippen LogP contribution in [-0.2, 0) is 26.0 Å². The first-order valence-electron chi connectivity index (χ1n) is 8.98. The lowest BCUT2D eigenvalue weighted by Crippen LogP contribution is -2.41. The number of benzene rings is 2. The molecule has 10 heteroatoms. The first-order chi connectivity index (χ1) is 13.8. The van der Waals surface area contributed by atoms with E-state index in [4.69, 9.17) is 4.74 Å². The first kappa shape index (κ1) is 20.7.